The number of carbonyl (C=O) groups excluding carboxylic acids is 1. The molecule has 6 heteroatoms. The van der Waals surface area contributed by atoms with Crippen LogP contribution < -0.4 is 10.6 Å². The lowest BCUT2D eigenvalue weighted by molar-refractivity contribution is -0.132. The minimum atomic E-state index is -0.216. The van der Waals surface area contributed by atoms with Gasteiger partial charge in [-0.3, -0.25) is 4.79 Å². The molecule has 2 aliphatic heterocycles. The van der Waals surface area contributed by atoms with Gasteiger partial charge in [-0.25, -0.2) is 0 Å². The van der Waals surface area contributed by atoms with Crippen molar-refractivity contribution in [2.45, 2.75) is 51.1 Å². The maximum absolute atomic E-state index is 12.7. The zero-order chi connectivity index (χ0) is 15.7. The van der Waals surface area contributed by atoms with Gasteiger partial charge in [0, 0.05) is 28.7 Å². The molecule has 2 saturated heterocycles. The van der Waals surface area contributed by atoms with E-state index in [0.717, 1.165) is 31.2 Å². The van der Waals surface area contributed by atoms with E-state index >= 15 is 0 Å². The summed E-state index contributed by atoms with van der Waals surface area (Å²) in [5.41, 5.74) is 0.801. The fourth-order valence-electron chi connectivity index (χ4n) is 4.01. The van der Waals surface area contributed by atoms with Crippen LogP contribution in [0.4, 0.5) is 0 Å². The molecule has 3 rings (SSSR count). The molecule has 2 bridgehead atoms. The minimum Gasteiger partial charge on any atom is -0.355 e. The van der Waals surface area contributed by atoms with Crippen LogP contribution in [0.5, 0.6) is 0 Å². The summed E-state index contributed by atoms with van der Waals surface area (Å²) in [7, 11) is 0. The van der Waals surface area contributed by atoms with Crippen molar-refractivity contribution in [1.29, 1.82) is 0 Å². The number of halogens is 3. The first-order valence-corrected chi connectivity index (χ1v) is 8.79. The number of nitrogens with one attached hydrogen (secondary N) is 2. The van der Waals surface area contributed by atoms with Gasteiger partial charge < -0.3 is 10.6 Å². The Morgan fingerprint density at radius 3 is 2.74 bits per heavy atom. The lowest BCUT2D eigenvalue weighted by atomic mass is 9.71. The third kappa shape index (κ3) is 3.63. The summed E-state index contributed by atoms with van der Waals surface area (Å²) in [4.78, 5) is 12.7. The molecule has 0 aromatic heterocycles. The Kier molecular flexibility index (Phi) is 6.23. The number of rotatable bonds is 5. The number of carbonyl (C=O) groups is 1. The molecular weight excluding hydrogens is 355 g/mol. The fourth-order valence-corrected chi connectivity index (χ4v) is 4.51. The normalized spacial score (nSPS) is 28.5. The molecule has 0 aliphatic carbocycles. The molecule has 1 aromatic rings. The molecule has 3 atom stereocenters. The van der Waals surface area contributed by atoms with Gasteiger partial charge in [0.2, 0.25) is 5.91 Å². The van der Waals surface area contributed by atoms with Crippen LogP contribution in [0.3, 0.4) is 0 Å². The molecule has 3 nitrogen and oxygen atoms in total. The maximum atomic E-state index is 12.7. The van der Waals surface area contributed by atoms with Crippen LogP contribution in [-0.4, -0.2) is 24.5 Å². The Labute approximate surface area is 153 Å². The molecule has 1 aromatic carbocycles. The topological polar surface area (TPSA) is 41.1 Å². The van der Waals surface area contributed by atoms with Crippen molar-refractivity contribution in [3.63, 3.8) is 0 Å². The van der Waals surface area contributed by atoms with E-state index in [1.807, 2.05) is 12.1 Å². The number of hydrogen-bond acceptors (Lipinski definition) is 2. The number of benzene rings is 1. The largest absolute Gasteiger partial charge is 0.355 e. The first-order chi connectivity index (χ1) is 10.5. The Hall–Kier alpha value is -0.480. The molecule has 2 fully saturated rings. The summed E-state index contributed by atoms with van der Waals surface area (Å²) < 4.78 is 0. The minimum absolute atomic E-state index is 0. The second kappa shape index (κ2) is 7.60. The van der Waals surface area contributed by atoms with Crippen molar-refractivity contribution in [1.82, 2.24) is 10.6 Å². The monoisotopic (exact) mass is 376 g/mol. The van der Waals surface area contributed by atoms with E-state index in [1.165, 1.54) is 6.42 Å². The molecule has 128 valence electrons. The van der Waals surface area contributed by atoms with Crippen LogP contribution in [0, 0.1) is 5.41 Å². The number of fused-ring (bicyclic) bond motifs is 2. The van der Waals surface area contributed by atoms with E-state index < -0.39 is 0 Å². The van der Waals surface area contributed by atoms with E-state index in [2.05, 4.69) is 17.6 Å². The molecule has 2 N–H and O–H groups in total. The molecule has 2 aliphatic rings. The highest BCUT2D eigenvalue weighted by atomic mass is 35.5. The number of amides is 1. The smallest absolute Gasteiger partial charge is 0.227 e. The van der Waals surface area contributed by atoms with Crippen molar-refractivity contribution in [3.05, 3.63) is 33.8 Å². The predicted octanol–water partition coefficient (Wildman–Crippen LogP) is 3.99. The van der Waals surface area contributed by atoms with Crippen molar-refractivity contribution >= 4 is 41.5 Å². The second-order valence-corrected chi connectivity index (χ2v) is 7.29. The lowest BCUT2D eigenvalue weighted by Gasteiger charge is -2.34. The Balaban J connectivity index is 0.00000192. The first kappa shape index (κ1) is 18.9. The van der Waals surface area contributed by atoms with Gasteiger partial charge in [-0.15, -0.1) is 12.4 Å². The highest BCUT2D eigenvalue weighted by Gasteiger charge is 2.54. The third-order valence-electron chi connectivity index (χ3n) is 5.30. The molecule has 0 radical (unpaired) electrons. The van der Waals surface area contributed by atoms with E-state index in [-0.39, 0.29) is 23.7 Å². The summed E-state index contributed by atoms with van der Waals surface area (Å²) in [5, 5.41) is 7.99. The van der Waals surface area contributed by atoms with Crippen molar-refractivity contribution in [2.24, 2.45) is 5.41 Å². The van der Waals surface area contributed by atoms with E-state index in [1.54, 1.807) is 6.07 Å². The fraction of sp³-hybridized carbons (Fsp3) is 0.588. The van der Waals surface area contributed by atoms with Crippen LogP contribution in [0.15, 0.2) is 18.2 Å². The molecule has 1 amide bonds. The van der Waals surface area contributed by atoms with Gasteiger partial charge in [-0.05, 0) is 49.8 Å². The Morgan fingerprint density at radius 2 is 2.17 bits per heavy atom. The molecule has 23 heavy (non-hydrogen) atoms. The van der Waals surface area contributed by atoms with Gasteiger partial charge in [0.25, 0.3) is 0 Å². The van der Waals surface area contributed by atoms with Crippen LogP contribution in [-0.2, 0) is 11.2 Å². The molecular formula is C17H23Cl3N2O. The Bertz CT molecular complexity index is 581. The zero-order valence-corrected chi connectivity index (χ0v) is 15.5. The van der Waals surface area contributed by atoms with E-state index in [0.29, 0.717) is 28.7 Å². The highest BCUT2D eigenvalue weighted by molar-refractivity contribution is 6.35. The standard InChI is InChI=1S/C17H22Cl2N2O.ClH/c1-2-17(10-13-5-6-15(17)21-13)16(22)20-8-7-11-3-4-12(18)9-14(11)19;/h3-4,9,13,15,21H,2,5-8,10H2,1H3,(H,20,22);1H/t13-,15+,17+;/m0./s1. The third-order valence-corrected chi connectivity index (χ3v) is 5.88. The van der Waals surface area contributed by atoms with E-state index in [9.17, 15) is 4.79 Å². The zero-order valence-electron chi connectivity index (χ0n) is 13.2. The average Bonchev–Trinajstić information content (AvgIpc) is 3.10. The maximum Gasteiger partial charge on any atom is 0.227 e. The predicted molar refractivity (Wildman–Crippen MR) is 97.7 cm³/mol. The first-order valence-electron chi connectivity index (χ1n) is 8.03. The van der Waals surface area contributed by atoms with Crippen LogP contribution in [0.25, 0.3) is 0 Å². The van der Waals surface area contributed by atoms with Crippen molar-refractivity contribution < 1.29 is 4.79 Å². The van der Waals surface area contributed by atoms with Gasteiger partial charge in [-0.2, -0.15) is 0 Å². The summed E-state index contributed by atoms with van der Waals surface area (Å²) in [6.45, 7) is 2.73. The van der Waals surface area contributed by atoms with Gasteiger partial charge in [0.1, 0.15) is 0 Å². The molecule has 0 spiro atoms. The van der Waals surface area contributed by atoms with Crippen LogP contribution in [0.1, 0.15) is 38.2 Å². The van der Waals surface area contributed by atoms with Gasteiger partial charge in [-0.1, -0.05) is 36.2 Å². The number of hydrogen-bond donors (Lipinski definition) is 2. The summed E-state index contributed by atoms with van der Waals surface area (Å²) in [6.07, 6.45) is 4.93. The second-order valence-electron chi connectivity index (χ2n) is 6.45. The highest BCUT2D eigenvalue weighted by Crippen LogP contribution is 2.45. The molecule has 2 heterocycles. The summed E-state index contributed by atoms with van der Waals surface area (Å²) in [5.74, 6) is 0.194. The van der Waals surface area contributed by atoms with Gasteiger partial charge in [0.15, 0.2) is 0 Å². The van der Waals surface area contributed by atoms with E-state index in [4.69, 9.17) is 23.2 Å². The van der Waals surface area contributed by atoms with Gasteiger partial charge >= 0.3 is 0 Å². The lowest BCUT2D eigenvalue weighted by Crippen LogP contribution is -2.48. The molecule has 0 saturated carbocycles. The quantitative estimate of drug-likeness (QED) is 0.814. The van der Waals surface area contributed by atoms with Crippen molar-refractivity contribution in [2.75, 3.05) is 6.54 Å². The van der Waals surface area contributed by atoms with Crippen molar-refractivity contribution in [3.8, 4) is 0 Å². The molecule has 0 unspecified atom stereocenters. The van der Waals surface area contributed by atoms with Crippen LogP contribution in [0.2, 0.25) is 10.0 Å². The van der Waals surface area contributed by atoms with Gasteiger partial charge in [0.05, 0.1) is 5.41 Å². The average molecular weight is 378 g/mol. The SMILES string of the molecule is CC[C@@]1(C(=O)NCCc2ccc(Cl)cc2Cl)C[C@@H]2CC[C@H]1N2.Cl. The van der Waals surface area contributed by atoms with Crippen LogP contribution >= 0.6 is 35.6 Å². The summed E-state index contributed by atoms with van der Waals surface area (Å²) in [6, 6.07) is 6.37. The Morgan fingerprint density at radius 1 is 1.39 bits per heavy atom. The summed E-state index contributed by atoms with van der Waals surface area (Å²) >= 11 is 12.1.